The van der Waals surface area contributed by atoms with Gasteiger partial charge in [-0.1, -0.05) is 18.2 Å². The molecule has 1 aromatic carbocycles. The molecule has 2 aromatic rings. The van der Waals surface area contributed by atoms with E-state index < -0.39 is 0 Å². The fourth-order valence-corrected chi connectivity index (χ4v) is 2.04. The molecular formula is C17H19N3O. The van der Waals surface area contributed by atoms with Gasteiger partial charge >= 0.3 is 0 Å². The highest BCUT2D eigenvalue weighted by atomic mass is 16.5. The lowest BCUT2D eigenvalue weighted by Crippen LogP contribution is -2.19. The van der Waals surface area contributed by atoms with Crippen molar-refractivity contribution >= 4 is 0 Å². The van der Waals surface area contributed by atoms with E-state index in [1.807, 2.05) is 42.6 Å². The summed E-state index contributed by atoms with van der Waals surface area (Å²) in [4.78, 5) is 4.38. The molecule has 0 radical (unpaired) electrons. The van der Waals surface area contributed by atoms with Crippen molar-refractivity contribution < 1.29 is 4.74 Å². The lowest BCUT2D eigenvalue weighted by Gasteiger charge is -2.15. The largest absolute Gasteiger partial charge is 0.479 e. The summed E-state index contributed by atoms with van der Waals surface area (Å²) in [6.07, 6.45) is 1.82. The van der Waals surface area contributed by atoms with Gasteiger partial charge in [-0.25, -0.2) is 0 Å². The summed E-state index contributed by atoms with van der Waals surface area (Å²) >= 11 is 0. The third-order valence-electron chi connectivity index (χ3n) is 3.38. The minimum atomic E-state index is 0.0755. The van der Waals surface area contributed by atoms with Gasteiger partial charge in [-0.2, -0.15) is 5.26 Å². The normalized spacial score (nSPS) is 11.7. The summed E-state index contributed by atoms with van der Waals surface area (Å²) in [6.45, 7) is 4.99. The van der Waals surface area contributed by atoms with Crippen LogP contribution in [0, 0.1) is 18.3 Å². The van der Waals surface area contributed by atoms with Gasteiger partial charge in [-0.3, -0.25) is 4.98 Å². The zero-order valence-corrected chi connectivity index (χ0v) is 12.3. The van der Waals surface area contributed by atoms with Crippen molar-refractivity contribution in [1.82, 2.24) is 10.3 Å². The van der Waals surface area contributed by atoms with E-state index in [-0.39, 0.29) is 12.6 Å². The molecule has 4 nitrogen and oxygen atoms in total. The van der Waals surface area contributed by atoms with Gasteiger partial charge < -0.3 is 10.1 Å². The summed E-state index contributed by atoms with van der Waals surface area (Å²) in [7, 11) is 0. The van der Waals surface area contributed by atoms with Crippen molar-refractivity contribution in [3.8, 4) is 11.8 Å². The van der Waals surface area contributed by atoms with Crippen LogP contribution in [0.1, 0.15) is 29.8 Å². The number of aryl methyl sites for hydroxylation is 1. The Hall–Kier alpha value is -2.38. The van der Waals surface area contributed by atoms with E-state index in [1.54, 1.807) is 0 Å². The molecule has 0 spiro atoms. The van der Waals surface area contributed by atoms with Gasteiger partial charge in [0, 0.05) is 18.8 Å². The fraction of sp³-hybridized carbons (Fsp3) is 0.294. The van der Waals surface area contributed by atoms with Crippen LogP contribution in [0.4, 0.5) is 0 Å². The van der Waals surface area contributed by atoms with Crippen molar-refractivity contribution in [1.29, 1.82) is 5.26 Å². The third kappa shape index (κ3) is 4.30. The van der Waals surface area contributed by atoms with E-state index in [1.165, 1.54) is 11.1 Å². The summed E-state index contributed by atoms with van der Waals surface area (Å²) in [5, 5.41) is 11.9. The highest BCUT2D eigenvalue weighted by molar-refractivity contribution is 5.29. The zero-order chi connectivity index (χ0) is 15.1. The second-order valence-electron chi connectivity index (χ2n) is 4.89. The second kappa shape index (κ2) is 7.41. The first-order valence-electron chi connectivity index (χ1n) is 6.94. The van der Waals surface area contributed by atoms with E-state index in [0.29, 0.717) is 5.75 Å². The quantitative estimate of drug-likeness (QED) is 0.883. The first-order chi connectivity index (χ1) is 10.2. The molecule has 21 heavy (non-hydrogen) atoms. The Bertz CT molecular complexity index is 617. The van der Waals surface area contributed by atoms with Gasteiger partial charge in [-0.05, 0) is 43.2 Å². The predicted octanol–water partition coefficient (Wildman–Crippen LogP) is 3.14. The van der Waals surface area contributed by atoms with E-state index in [0.717, 1.165) is 12.2 Å². The Morgan fingerprint density at radius 2 is 2.05 bits per heavy atom. The average Bonchev–Trinajstić information content (AvgIpc) is 2.52. The van der Waals surface area contributed by atoms with Crippen molar-refractivity contribution in [3.63, 3.8) is 0 Å². The number of nitrogens with one attached hydrogen (secondary N) is 1. The predicted molar refractivity (Wildman–Crippen MR) is 81.8 cm³/mol. The fourth-order valence-electron chi connectivity index (χ4n) is 2.04. The van der Waals surface area contributed by atoms with E-state index in [2.05, 4.69) is 30.2 Å². The molecule has 0 aliphatic heterocycles. The van der Waals surface area contributed by atoms with Gasteiger partial charge in [-0.15, -0.1) is 0 Å². The molecule has 0 aliphatic rings. The number of hydrogen-bond acceptors (Lipinski definition) is 4. The second-order valence-corrected chi connectivity index (χ2v) is 4.89. The molecule has 0 saturated heterocycles. The zero-order valence-electron chi connectivity index (χ0n) is 12.3. The van der Waals surface area contributed by atoms with Crippen LogP contribution >= 0.6 is 0 Å². The SMILES string of the molecule is Cc1cccnc1CNC(C)c1ccc(OCC#N)cc1. The molecule has 0 saturated carbocycles. The van der Waals surface area contributed by atoms with Crippen LogP contribution in [0.5, 0.6) is 5.75 Å². The first kappa shape index (κ1) is 15.0. The van der Waals surface area contributed by atoms with Crippen LogP contribution in [0.2, 0.25) is 0 Å². The van der Waals surface area contributed by atoms with Crippen LogP contribution in [0.3, 0.4) is 0 Å². The molecule has 0 bridgehead atoms. The molecule has 0 fully saturated rings. The molecule has 2 rings (SSSR count). The summed E-state index contributed by atoms with van der Waals surface area (Å²) in [6, 6.07) is 14.0. The molecule has 4 heteroatoms. The lowest BCUT2D eigenvalue weighted by atomic mass is 10.1. The molecule has 1 atom stereocenters. The minimum absolute atomic E-state index is 0.0755. The van der Waals surface area contributed by atoms with Crippen LogP contribution in [-0.2, 0) is 6.54 Å². The number of nitriles is 1. The van der Waals surface area contributed by atoms with Crippen LogP contribution in [-0.4, -0.2) is 11.6 Å². The maximum Gasteiger partial charge on any atom is 0.174 e. The van der Waals surface area contributed by atoms with Gasteiger partial charge in [0.15, 0.2) is 6.61 Å². The highest BCUT2D eigenvalue weighted by Gasteiger charge is 2.06. The highest BCUT2D eigenvalue weighted by Crippen LogP contribution is 2.18. The van der Waals surface area contributed by atoms with E-state index in [4.69, 9.17) is 10.00 Å². The minimum Gasteiger partial charge on any atom is -0.479 e. The number of nitrogens with zero attached hydrogens (tertiary/aromatic N) is 2. The smallest absolute Gasteiger partial charge is 0.174 e. The molecular weight excluding hydrogens is 262 g/mol. The molecule has 108 valence electrons. The average molecular weight is 281 g/mol. The lowest BCUT2D eigenvalue weighted by molar-refractivity contribution is 0.368. The summed E-state index contributed by atoms with van der Waals surface area (Å²) in [5.74, 6) is 0.716. The molecule has 1 heterocycles. The maximum absolute atomic E-state index is 8.48. The van der Waals surface area contributed by atoms with Crippen LogP contribution < -0.4 is 10.1 Å². The Morgan fingerprint density at radius 1 is 1.29 bits per heavy atom. The molecule has 1 unspecified atom stereocenters. The van der Waals surface area contributed by atoms with Gasteiger partial charge in [0.25, 0.3) is 0 Å². The van der Waals surface area contributed by atoms with Crippen molar-refractivity contribution in [2.75, 3.05) is 6.61 Å². The maximum atomic E-state index is 8.48. The van der Waals surface area contributed by atoms with Crippen LogP contribution in [0.15, 0.2) is 42.6 Å². The Morgan fingerprint density at radius 3 is 2.71 bits per heavy atom. The van der Waals surface area contributed by atoms with Crippen LogP contribution in [0.25, 0.3) is 0 Å². The van der Waals surface area contributed by atoms with E-state index >= 15 is 0 Å². The molecule has 1 N–H and O–H groups in total. The molecule has 1 aromatic heterocycles. The Labute approximate surface area is 125 Å². The number of hydrogen-bond donors (Lipinski definition) is 1. The van der Waals surface area contributed by atoms with Gasteiger partial charge in [0.1, 0.15) is 11.8 Å². The summed E-state index contributed by atoms with van der Waals surface area (Å²) < 4.78 is 5.24. The van der Waals surface area contributed by atoms with Crippen molar-refractivity contribution in [2.24, 2.45) is 0 Å². The third-order valence-corrected chi connectivity index (χ3v) is 3.38. The van der Waals surface area contributed by atoms with Gasteiger partial charge in [0.05, 0.1) is 5.69 Å². The van der Waals surface area contributed by atoms with Crippen molar-refractivity contribution in [3.05, 3.63) is 59.4 Å². The number of benzene rings is 1. The Balaban J connectivity index is 1.93. The summed E-state index contributed by atoms with van der Waals surface area (Å²) in [5.41, 5.74) is 3.43. The molecule has 0 aliphatic carbocycles. The number of pyridine rings is 1. The van der Waals surface area contributed by atoms with Crippen molar-refractivity contribution in [2.45, 2.75) is 26.4 Å². The van der Waals surface area contributed by atoms with E-state index in [9.17, 15) is 0 Å². The standard InChI is InChI=1S/C17H19N3O/c1-13-4-3-10-19-17(13)12-20-14(2)15-5-7-16(8-6-15)21-11-9-18/h3-8,10,14,20H,11-12H2,1-2H3. The first-order valence-corrected chi connectivity index (χ1v) is 6.94. The number of aromatic nitrogens is 1. The molecule has 0 amide bonds. The monoisotopic (exact) mass is 281 g/mol. The number of ether oxygens (including phenoxy) is 1. The topological polar surface area (TPSA) is 57.9 Å². The Kier molecular flexibility index (Phi) is 5.30. The van der Waals surface area contributed by atoms with Gasteiger partial charge in [0.2, 0.25) is 0 Å². The number of rotatable bonds is 6.